The number of phenols is 1. The van der Waals surface area contributed by atoms with E-state index < -0.39 is 48.3 Å². The number of aliphatic carboxylic acids is 3. The van der Waals surface area contributed by atoms with Crippen molar-refractivity contribution < 1.29 is 59.7 Å². The van der Waals surface area contributed by atoms with Gasteiger partial charge in [0.1, 0.15) is 5.75 Å². The van der Waals surface area contributed by atoms with Crippen LogP contribution in [0.5, 0.6) is 5.75 Å². The van der Waals surface area contributed by atoms with Gasteiger partial charge in [-0.25, -0.2) is 19.2 Å². The molecule has 43 heavy (non-hydrogen) atoms. The lowest BCUT2D eigenvalue weighted by Gasteiger charge is -2.32. The first kappa shape index (κ1) is 37.0. The number of rotatable bonds is 14. The normalized spacial score (nSPS) is 14.7. The Balaban J connectivity index is 0.000000444. The van der Waals surface area contributed by atoms with Crippen molar-refractivity contribution in [2.75, 3.05) is 6.54 Å². The molecule has 13 nitrogen and oxygen atoms in total. The highest BCUT2D eigenvalue weighted by Crippen LogP contribution is 2.35. The molecule has 0 spiro atoms. The van der Waals surface area contributed by atoms with Gasteiger partial charge in [0.05, 0.1) is 0 Å². The van der Waals surface area contributed by atoms with Crippen molar-refractivity contribution in [3.8, 4) is 5.75 Å². The van der Waals surface area contributed by atoms with Gasteiger partial charge in [-0.05, 0) is 59.2 Å². The fourth-order valence-corrected chi connectivity index (χ4v) is 4.37. The number of hydrogen-bond acceptors (Lipinski definition) is 10. The number of esters is 1. The monoisotopic (exact) mass is 607 g/mol. The van der Waals surface area contributed by atoms with Gasteiger partial charge in [0.25, 0.3) is 0 Å². The van der Waals surface area contributed by atoms with Crippen LogP contribution in [-0.4, -0.2) is 108 Å². The quantitative estimate of drug-likeness (QED) is 0.152. The molecule has 238 valence electrons. The van der Waals surface area contributed by atoms with Crippen molar-refractivity contribution in [2.45, 2.75) is 83.5 Å². The molecule has 0 aliphatic heterocycles. The molecule has 2 aromatic rings. The maximum Gasteiger partial charge on any atom is 0.348 e. The van der Waals surface area contributed by atoms with Crippen molar-refractivity contribution in [1.82, 2.24) is 4.90 Å². The Hall–Kier alpha value is -4.04. The van der Waals surface area contributed by atoms with E-state index in [1.807, 2.05) is 18.2 Å². The predicted octanol–water partition coefficient (Wildman–Crippen LogP) is 1.58. The van der Waals surface area contributed by atoms with E-state index in [2.05, 4.69) is 74.6 Å². The number of carboxylic acids is 3. The van der Waals surface area contributed by atoms with Crippen LogP contribution >= 0.6 is 0 Å². The zero-order chi connectivity index (χ0) is 33.0. The minimum Gasteiger partial charge on any atom is -0.508 e. The molecule has 7 N–H and O–H groups in total. The van der Waals surface area contributed by atoms with Gasteiger partial charge in [0.15, 0.2) is 18.3 Å². The van der Waals surface area contributed by atoms with E-state index in [1.165, 1.54) is 11.1 Å². The van der Waals surface area contributed by atoms with E-state index >= 15 is 0 Å². The summed E-state index contributed by atoms with van der Waals surface area (Å²) in [6.07, 6.45) is -9.43. The van der Waals surface area contributed by atoms with E-state index in [0.717, 1.165) is 18.5 Å². The van der Waals surface area contributed by atoms with Crippen molar-refractivity contribution >= 4 is 23.9 Å². The van der Waals surface area contributed by atoms with E-state index in [1.54, 1.807) is 0 Å². The maximum atomic E-state index is 11.1. The number of aryl methyl sites for hydroxylation is 1. The Morgan fingerprint density at radius 2 is 1.30 bits per heavy atom. The summed E-state index contributed by atoms with van der Waals surface area (Å²) in [5.74, 6) is -7.35. The Kier molecular flexibility index (Phi) is 14.8. The highest BCUT2D eigenvalue weighted by molar-refractivity contribution is 5.88. The molecule has 0 aromatic heterocycles. The molecule has 0 saturated carbocycles. The number of phenolic OH excluding ortho intramolecular Hbond substituents is 1. The largest absolute Gasteiger partial charge is 0.508 e. The van der Waals surface area contributed by atoms with E-state index in [9.17, 15) is 24.3 Å². The second-order valence-corrected chi connectivity index (χ2v) is 10.4. The lowest BCUT2D eigenvalue weighted by Crippen LogP contribution is -2.47. The summed E-state index contributed by atoms with van der Waals surface area (Å²) < 4.78 is 3.93. The lowest BCUT2D eigenvalue weighted by molar-refractivity contribution is -0.188. The number of carbonyl (C=O) groups excluding carboxylic acids is 1. The van der Waals surface area contributed by atoms with Gasteiger partial charge in [-0.15, -0.1) is 0 Å². The average Bonchev–Trinajstić information content (AvgIpc) is 2.94. The summed E-state index contributed by atoms with van der Waals surface area (Å²) in [6, 6.07) is 17.5. The van der Waals surface area contributed by atoms with E-state index in [0.29, 0.717) is 17.8 Å². The molecule has 13 heteroatoms. The van der Waals surface area contributed by atoms with Crippen LogP contribution < -0.4 is 0 Å². The summed E-state index contributed by atoms with van der Waals surface area (Å²) in [6.45, 7) is 12.1. The van der Waals surface area contributed by atoms with Crippen molar-refractivity contribution in [3.63, 3.8) is 0 Å². The van der Waals surface area contributed by atoms with Crippen LogP contribution in [0, 0.1) is 6.92 Å². The molecule has 5 atom stereocenters. The van der Waals surface area contributed by atoms with Crippen LogP contribution in [0.15, 0.2) is 48.5 Å². The first-order valence-corrected chi connectivity index (χ1v) is 13.5. The smallest absolute Gasteiger partial charge is 0.348 e. The maximum absolute atomic E-state index is 11.1. The van der Waals surface area contributed by atoms with Gasteiger partial charge in [-0.3, -0.25) is 4.90 Å². The Bertz CT molecular complexity index is 1210. The third-order valence-electron chi connectivity index (χ3n) is 6.58. The van der Waals surface area contributed by atoms with E-state index in [-0.39, 0.29) is 5.92 Å². The Morgan fingerprint density at radius 1 is 0.767 bits per heavy atom. The Labute approximate surface area is 249 Å². The minimum atomic E-state index is -2.64. The van der Waals surface area contributed by atoms with Crippen LogP contribution in [0.3, 0.4) is 0 Å². The van der Waals surface area contributed by atoms with Gasteiger partial charge < -0.3 is 40.5 Å². The molecule has 0 amide bonds. The summed E-state index contributed by atoms with van der Waals surface area (Å²) in [5.41, 5.74) is 3.49. The molecule has 0 bridgehead atoms. The third kappa shape index (κ3) is 11.3. The van der Waals surface area contributed by atoms with Crippen molar-refractivity contribution in [2.24, 2.45) is 0 Å². The van der Waals surface area contributed by atoms with Crippen molar-refractivity contribution in [3.05, 3.63) is 65.2 Å². The molecule has 0 radical (unpaired) electrons. The second kappa shape index (κ2) is 17.2. The molecule has 0 saturated heterocycles. The molecule has 4 unspecified atom stereocenters. The number of aromatic hydroxyl groups is 1. The lowest BCUT2D eigenvalue weighted by atomic mass is 9.87. The van der Waals surface area contributed by atoms with Crippen LogP contribution in [0.2, 0.25) is 0 Å². The highest BCUT2D eigenvalue weighted by Gasteiger charge is 2.39. The number of aliphatic hydroxyl groups is 3. The Morgan fingerprint density at radius 3 is 1.77 bits per heavy atom. The van der Waals surface area contributed by atoms with E-state index in [4.69, 9.17) is 30.6 Å². The summed E-state index contributed by atoms with van der Waals surface area (Å²) in [4.78, 5) is 44.7. The zero-order valence-corrected chi connectivity index (χ0v) is 24.7. The zero-order valence-electron chi connectivity index (χ0n) is 24.7. The number of nitrogens with zero attached hydrogens (tertiary/aromatic N) is 1. The SMILES string of the molecule is Cc1ccc(O)c([C@H](CCN(C(C)C)C(C)C)c2ccccc2)c1.O=C(O)C(O)C(O)C(=O)OC(C(=O)O)C(O)C(=O)O. The number of ether oxygens (including phenoxy) is 1. The van der Waals surface area contributed by atoms with Gasteiger partial charge in [0.2, 0.25) is 6.10 Å². The van der Waals surface area contributed by atoms with Crippen molar-refractivity contribution in [1.29, 1.82) is 0 Å². The van der Waals surface area contributed by atoms with Crippen LogP contribution in [0.25, 0.3) is 0 Å². The summed E-state index contributed by atoms with van der Waals surface area (Å²) in [5, 5.41) is 62.2. The minimum absolute atomic E-state index is 0.214. The van der Waals surface area contributed by atoms with Gasteiger partial charge in [-0.2, -0.15) is 0 Å². The van der Waals surface area contributed by atoms with Crippen LogP contribution in [-0.2, 0) is 23.9 Å². The first-order valence-electron chi connectivity index (χ1n) is 13.5. The third-order valence-corrected chi connectivity index (χ3v) is 6.58. The molecule has 0 aliphatic rings. The fraction of sp³-hybridized carbons (Fsp3) is 0.467. The predicted molar refractivity (Wildman–Crippen MR) is 154 cm³/mol. The number of aliphatic hydroxyl groups excluding tert-OH is 3. The van der Waals surface area contributed by atoms with Gasteiger partial charge >= 0.3 is 23.9 Å². The molecule has 0 aliphatic carbocycles. The molecule has 0 fully saturated rings. The second-order valence-electron chi connectivity index (χ2n) is 10.4. The average molecular weight is 608 g/mol. The number of hydrogen-bond donors (Lipinski definition) is 7. The highest BCUT2D eigenvalue weighted by atomic mass is 16.6. The van der Waals surface area contributed by atoms with Crippen LogP contribution in [0.4, 0.5) is 0 Å². The first-order chi connectivity index (χ1) is 20.0. The number of benzene rings is 2. The van der Waals surface area contributed by atoms with Gasteiger partial charge in [0, 0.05) is 23.6 Å². The summed E-state index contributed by atoms with van der Waals surface area (Å²) >= 11 is 0. The molecule has 2 aromatic carbocycles. The van der Waals surface area contributed by atoms with Crippen LogP contribution in [0.1, 0.15) is 56.7 Å². The standard InChI is InChI=1S/C22H31NO.C8H10O11/c1-16(2)23(17(3)4)14-13-20(19-9-7-6-8-10-19)21-15-18(5)11-12-22(21)24;9-1(5(12)13)2(10)8(18)19-4(7(16)17)3(11)6(14)15/h6-12,15-17,20,24H,13-14H2,1-5H3;1-4,9-11H,(H,12,13)(H,14,15)(H,16,17)/t20-;/m1./s1. The number of carboxylic acid groups (broad SMARTS) is 3. The topological polar surface area (TPSA) is 222 Å². The molecular formula is C30H41NO12. The molecular weight excluding hydrogens is 566 g/mol. The van der Waals surface area contributed by atoms with Gasteiger partial charge in [-0.1, -0.05) is 48.0 Å². The number of carbonyl (C=O) groups is 4. The fourth-order valence-electron chi connectivity index (χ4n) is 4.37. The molecule has 2 rings (SSSR count). The summed E-state index contributed by atoms with van der Waals surface area (Å²) in [7, 11) is 0. The molecule has 0 heterocycles.